The second-order valence-corrected chi connectivity index (χ2v) is 6.65. The van der Waals surface area contributed by atoms with Crippen LogP contribution in [0.25, 0.3) is 0 Å². The summed E-state index contributed by atoms with van der Waals surface area (Å²) < 4.78 is 10.9. The molecule has 0 aliphatic heterocycles. The van der Waals surface area contributed by atoms with Crippen molar-refractivity contribution in [1.29, 1.82) is 0 Å². The Morgan fingerprint density at radius 3 is 2.71 bits per heavy atom. The number of nitrogens with one attached hydrogen (secondary N) is 1. The maximum Gasteiger partial charge on any atom is 0.168 e. The molecule has 0 heterocycles. The molecule has 1 atom stereocenters. The van der Waals surface area contributed by atoms with Crippen LogP contribution < -0.4 is 5.32 Å². The molecule has 1 aromatic rings. The zero-order valence-corrected chi connectivity index (χ0v) is 13.4. The Bertz CT molecular complexity index is 488. The summed E-state index contributed by atoms with van der Waals surface area (Å²) in [6.45, 7) is 3.25. The first kappa shape index (κ1) is 15.0. The molecular formula is C18H27NO2. The number of rotatable bonds is 5. The Morgan fingerprint density at radius 1 is 1.24 bits per heavy atom. The molecule has 1 unspecified atom stereocenters. The molecule has 2 aliphatic rings. The van der Waals surface area contributed by atoms with Crippen LogP contribution in [0.15, 0.2) is 18.2 Å². The van der Waals surface area contributed by atoms with E-state index in [1.807, 2.05) is 0 Å². The molecular weight excluding hydrogens is 262 g/mol. The summed E-state index contributed by atoms with van der Waals surface area (Å²) in [5.74, 6) is 0.355. The fourth-order valence-electron chi connectivity index (χ4n) is 3.82. The van der Waals surface area contributed by atoms with E-state index in [4.69, 9.17) is 9.47 Å². The van der Waals surface area contributed by atoms with Crippen molar-refractivity contribution < 1.29 is 9.47 Å². The molecule has 21 heavy (non-hydrogen) atoms. The summed E-state index contributed by atoms with van der Waals surface area (Å²) in [7, 11) is 3.49. The van der Waals surface area contributed by atoms with Crippen LogP contribution in [-0.4, -0.2) is 26.6 Å². The number of hydrogen-bond donors (Lipinski definition) is 1. The van der Waals surface area contributed by atoms with E-state index in [9.17, 15) is 0 Å². The summed E-state index contributed by atoms with van der Waals surface area (Å²) in [5, 5.41) is 3.78. The van der Waals surface area contributed by atoms with Crippen molar-refractivity contribution in [2.45, 2.75) is 50.9 Å². The van der Waals surface area contributed by atoms with Crippen molar-refractivity contribution in [3.05, 3.63) is 34.9 Å². The lowest BCUT2D eigenvalue weighted by Crippen LogP contribution is -2.50. The highest BCUT2D eigenvalue weighted by molar-refractivity contribution is 5.35. The summed E-state index contributed by atoms with van der Waals surface area (Å²) >= 11 is 0. The van der Waals surface area contributed by atoms with Gasteiger partial charge in [-0.3, -0.25) is 0 Å². The van der Waals surface area contributed by atoms with E-state index >= 15 is 0 Å². The van der Waals surface area contributed by atoms with Gasteiger partial charge >= 0.3 is 0 Å². The van der Waals surface area contributed by atoms with Crippen molar-refractivity contribution in [3.8, 4) is 0 Å². The van der Waals surface area contributed by atoms with Crippen LogP contribution in [0.1, 0.15) is 48.4 Å². The van der Waals surface area contributed by atoms with Crippen LogP contribution in [0, 0.1) is 12.8 Å². The third-order valence-corrected chi connectivity index (χ3v) is 5.21. The molecule has 0 aromatic heterocycles. The summed E-state index contributed by atoms with van der Waals surface area (Å²) in [5.41, 5.74) is 4.41. The molecule has 0 radical (unpaired) electrons. The minimum Gasteiger partial charge on any atom is -0.353 e. The van der Waals surface area contributed by atoms with Gasteiger partial charge in [0.15, 0.2) is 5.79 Å². The first-order valence-corrected chi connectivity index (χ1v) is 8.09. The monoisotopic (exact) mass is 289 g/mol. The minimum absolute atomic E-state index is 0.312. The summed E-state index contributed by atoms with van der Waals surface area (Å²) in [4.78, 5) is 0. The quantitative estimate of drug-likeness (QED) is 0.843. The van der Waals surface area contributed by atoms with Gasteiger partial charge in [0.1, 0.15) is 0 Å². The van der Waals surface area contributed by atoms with Crippen LogP contribution in [0.3, 0.4) is 0 Å². The lowest BCUT2D eigenvalue weighted by molar-refractivity contribution is -0.269. The zero-order valence-electron chi connectivity index (χ0n) is 13.4. The Kier molecular flexibility index (Phi) is 4.34. The molecule has 2 aliphatic carbocycles. The third kappa shape index (κ3) is 3.01. The van der Waals surface area contributed by atoms with E-state index in [0.29, 0.717) is 12.0 Å². The van der Waals surface area contributed by atoms with Crippen molar-refractivity contribution in [3.63, 3.8) is 0 Å². The van der Waals surface area contributed by atoms with Crippen molar-refractivity contribution in [2.75, 3.05) is 20.8 Å². The first-order chi connectivity index (χ1) is 10.2. The first-order valence-electron chi connectivity index (χ1n) is 8.09. The van der Waals surface area contributed by atoms with Crippen LogP contribution in [-0.2, 0) is 15.9 Å². The summed E-state index contributed by atoms with van der Waals surface area (Å²) in [6.07, 6.45) is 5.77. The van der Waals surface area contributed by atoms with E-state index < -0.39 is 0 Å². The largest absolute Gasteiger partial charge is 0.353 e. The molecule has 3 rings (SSSR count). The zero-order chi connectivity index (χ0) is 14.9. The van der Waals surface area contributed by atoms with Gasteiger partial charge in [0.05, 0.1) is 0 Å². The predicted molar refractivity (Wildman–Crippen MR) is 84.3 cm³/mol. The molecule has 1 N–H and O–H groups in total. The molecule has 0 saturated heterocycles. The Labute approximate surface area is 128 Å². The molecule has 0 amide bonds. The number of ether oxygens (including phenoxy) is 2. The summed E-state index contributed by atoms with van der Waals surface area (Å²) in [6, 6.07) is 7.43. The van der Waals surface area contributed by atoms with Crippen molar-refractivity contribution in [2.24, 2.45) is 5.92 Å². The smallest absolute Gasteiger partial charge is 0.168 e. The predicted octanol–water partition coefficient (Wildman–Crippen LogP) is 3.36. The van der Waals surface area contributed by atoms with Gasteiger partial charge in [0, 0.05) is 33.1 Å². The number of methoxy groups -OCH3 is 2. The maximum atomic E-state index is 5.47. The highest BCUT2D eigenvalue weighted by Gasteiger charge is 2.44. The molecule has 1 aromatic carbocycles. The molecule has 0 spiro atoms. The number of fused-ring (bicyclic) bond motifs is 1. The van der Waals surface area contributed by atoms with Gasteiger partial charge in [-0.25, -0.2) is 0 Å². The molecule has 3 heteroatoms. The minimum atomic E-state index is -0.312. The Hall–Kier alpha value is -0.900. The maximum absolute atomic E-state index is 5.47. The molecule has 0 bridgehead atoms. The second-order valence-electron chi connectivity index (χ2n) is 6.65. The van der Waals surface area contributed by atoms with Gasteiger partial charge in [-0.1, -0.05) is 23.8 Å². The van der Waals surface area contributed by atoms with E-state index in [-0.39, 0.29) is 5.79 Å². The molecule has 3 nitrogen and oxygen atoms in total. The molecule has 1 saturated carbocycles. The standard InChI is InChI=1S/C18H27NO2/c1-13-7-8-15-5-4-6-17(16(15)9-13)19-12-14-10-18(11-14,20-2)21-3/h7-9,14,17,19H,4-6,10-12H2,1-3H3. The lowest BCUT2D eigenvalue weighted by Gasteiger charge is -2.45. The number of hydrogen-bond acceptors (Lipinski definition) is 3. The van der Waals surface area contributed by atoms with Crippen molar-refractivity contribution >= 4 is 0 Å². The van der Waals surface area contributed by atoms with Crippen LogP contribution >= 0.6 is 0 Å². The molecule has 1 fully saturated rings. The Balaban J connectivity index is 1.57. The SMILES string of the molecule is COC1(OC)CC(CNC2CCCc3ccc(C)cc32)C1. The normalized spacial score (nSPS) is 24.4. The molecule has 116 valence electrons. The van der Waals surface area contributed by atoms with Gasteiger partial charge < -0.3 is 14.8 Å². The fraction of sp³-hybridized carbons (Fsp3) is 0.667. The second kappa shape index (κ2) is 6.07. The van der Waals surface area contributed by atoms with Gasteiger partial charge in [-0.05, 0) is 49.8 Å². The highest BCUT2D eigenvalue weighted by Crippen LogP contribution is 2.41. The topological polar surface area (TPSA) is 30.5 Å². The number of aryl methyl sites for hydroxylation is 2. The average Bonchev–Trinajstić information content (AvgIpc) is 2.47. The lowest BCUT2D eigenvalue weighted by atomic mass is 9.78. The van der Waals surface area contributed by atoms with E-state index in [2.05, 4.69) is 30.4 Å². The average molecular weight is 289 g/mol. The fourth-order valence-corrected chi connectivity index (χ4v) is 3.82. The van der Waals surface area contributed by atoms with Crippen LogP contribution in [0.4, 0.5) is 0 Å². The van der Waals surface area contributed by atoms with E-state index in [1.54, 1.807) is 14.2 Å². The van der Waals surface area contributed by atoms with Crippen LogP contribution in [0.2, 0.25) is 0 Å². The van der Waals surface area contributed by atoms with Gasteiger partial charge in [0.25, 0.3) is 0 Å². The Morgan fingerprint density at radius 2 is 2.00 bits per heavy atom. The third-order valence-electron chi connectivity index (χ3n) is 5.21. The van der Waals surface area contributed by atoms with Gasteiger partial charge in [0.2, 0.25) is 0 Å². The van der Waals surface area contributed by atoms with Gasteiger partial charge in [-0.2, -0.15) is 0 Å². The number of benzene rings is 1. The van der Waals surface area contributed by atoms with E-state index in [0.717, 1.165) is 19.4 Å². The van der Waals surface area contributed by atoms with Crippen LogP contribution in [0.5, 0.6) is 0 Å². The highest BCUT2D eigenvalue weighted by atomic mass is 16.7. The van der Waals surface area contributed by atoms with Crippen molar-refractivity contribution in [1.82, 2.24) is 5.32 Å². The van der Waals surface area contributed by atoms with E-state index in [1.165, 1.54) is 36.0 Å². The van der Waals surface area contributed by atoms with Gasteiger partial charge in [-0.15, -0.1) is 0 Å².